The van der Waals surface area contributed by atoms with Gasteiger partial charge in [0.2, 0.25) is 0 Å². The van der Waals surface area contributed by atoms with E-state index in [-0.39, 0.29) is 17.5 Å². The van der Waals surface area contributed by atoms with Crippen molar-refractivity contribution >= 4 is 11.6 Å². The maximum atomic E-state index is 13.9. The van der Waals surface area contributed by atoms with Crippen LogP contribution in [0.1, 0.15) is 29.8 Å². The largest absolute Gasteiger partial charge is 0.399 e. The van der Waals surface area contributed by atoms with Gasteiger partial charge in [0.15, 0.2) is 0 Å². The van der Waals surface area contributed by atoms with Gasteiger partial charge in [-0.25, -0.2) is 4.39 Å². The molecular formula is C16H18FN3O. The van der Waals surface area contributed by atoms with E-state index in [0.717, 1.165) is 5.56 Å². The van der Waals surface area contributed by atoms with Gasteiger partial charge in [-0.05, 0) is 43.7 Å². The molecule has 1 aromatic heterocycles. The van der Waals surface area contributed by atoms with Crippen LogP contribution in [0.3, 0.4) is 0 Å². The molecule has 2 rings (SSSR count). The molecule has 0 aliphatic heterocycles. The topological polar surface area (TPSA) is 59.2 Å². The minimum absolute atomic E-state index is 0.00686. The van der Waals surface area contributed by atoms with Gasteiger partial charge < -0.3 is 10.6 Å². The number of amides is 1. The summed E-state index contributed by atoms with van der Waals surface area (Å²) in [6.45, 7) is 4.15. The number of aromatic nitrogens is 1. The average molecular weight is 287 g/mol. The van der Waals surface area contributed by atoms with Gasteiger partial charge in [0.25, 0.3) is 5.91 Å². The summed E-state index contributed by atoms with van der Waals surface area (Å²) >= 11 is 0. The van der Waals surface area contributed by atoms with Crippen LogP contribution in [0.25, 0.3) is 0 Å². The number of anilines is 1. The van der Waals surface area contributed by atoms with Gasteiger partial charge in [-0.15, -0.1) is 0 Å². The highest BCUT2D eigenvalue weighted by Gasteiger charge is 2.22. The summed E-state index contributed by atoms with van der Waals surface area (Å²) in [5.41, 5.74) is 6.90. The second-order valence-corrected chi connectivity index (χ2v) is 5.13. The molecule has 0 unspecified atom stereocenters. The van der Waals surface area contributed by atoms with Crippen molar-refractivity contribution in [2.75, 3.05) is 5.73 Å². The van der Waals surface area contributed by atoms with Crippen LogP contribution in [0, 0.1) is 5.82 Å². The van der Waals surface area contributed by atoms with E-state index in [2.05, 4.69) is 4.98 Å². The average Bonchev–Trinajstić information content (AvgIpc) is 2.47. The number of hydrogen-bond acceptors (Lipinski definition) is 3. The van der Waals surface area contributed by atoms with E-state index in [9.17, 15) is 9.18 Å². The Bertz CT molecular complexity index is 629. The van der Waals surface area contributed by atoms with E-state index < -0.39 is 5.82 Å². The molecule has 4 nitrogen and oxygen atoms in total. The summed E-state index contributed by atoms with van der Waals surface area (Å²) in [5.74, 6) is -0.940. The normalized spacial score (nSPS) is 10.7. The lowest BCUT2D eigenvalue weighted by Gasteiger charge is -2.27. The molecule has 0 fully saturated rings. The third kappa shape index (κ3) is 3.56. The number of benzene rings is 1. The van der Waals surface area contributed by atoms with Crippen molar-refractivity contribution in [3.8, 4) is 0 Å². The highest BCUT2D eigenvalue weighted by atomic mass is 19.1. The van der Waals surface area contributed by atoms with E-state index in [1.54, 1.807) is 23.4 Å². The van der Waals surface area contributed by atoms with Crippen molar-refractivity contribution in [2.45, 2.75) is 26.4 Å². The Morgan fingerprint density at radius 3 is 2.76 bits per heavy atom. The Hall–Kier alpha value is -2.43. The molecule has 5 heteroatoms. The minimum atomic E-state index is -0.564. The van der Waals surface area contributed by atoms with E-state index in [4.69, 9.17) is 5.73 Å². The Morgan fingerprint density at radius 2 is 2.14 bits per heavy atom. The summed E-state index contributed by atoms with van der Waals surface area (Å²) < 4.78 is 13.9. The van der Waals surface area contributed by atoms with Crippen LogP contribution in [0.15, 0.2) is 42.7 Å². The lowest BCUT2D eigenvalue weighted by molar-refractivity contribution is 0.0685. The number of carbonyl (C=O) groups is 1. The zero-order valence-corrected chi connectivity index (χ0v) is 12.1. The van der Waals surface area contributed by atoms with Crippen LogP contribution in [0.4, 0.5) is 10.1 Å². The van der Waals surface area contributed by atoms with E-state index >= 15 is 0 Å². The molecule has 1 aromatic carbocycles. The predicted octanol–water partition coefficient (Wildman–Crippen LogP) is 2.85. The van der Waals surface area contributed by atoms with Crippen molar-refractivity contribution in [2.24, 2.45) is 0 Å². The molecule has 0 atom stereocenters. The summed E-state index contributed by atoms with van der Waals surface area (Å²) in [6, 6.07) is 7.64. The van der Waals surface area contributed by atoms with Crippen LogP contribution < -0.4 is 5.73 Å². The first-order valence-corrected chi connectivity index (χ1v) is 6.74. The van der Waals surface area contributed by atoms with Gasteiger partial charge in [-0.3, -0.25) is 9.78 Å². The van der Waals surface area contributed by atoms with Gasteiger partial charge in [0.1, 0.15) is 5.82 Å². The van der Waals surface area contributed by atoms with Gasteiger partial charge in [0, 0.05) is 30.7 Å². The number of pyridine rings is 1. The number of rotatable bonds is 4. The fraction of sp³-hybridized carbons (Fsp3) is 0.250. The third-order valence-corrected chi connectivity index (χ3v) is 3.18. The van der Waals surface area contributed by atoms with Gasteiger partial charge >= 0.3 is 0 Å². The highest BCUT2D eigenvalue weighted by Crippen LogP contribution is 2.18. The van der Waals surface area contributed by atoms with Crippen molar-refractivity contribution < 1.29 is 9.18 Å². The quantitative estimate of drug-likeness (QED) is 0.880. The minimum Gasteiger partial charge on any atom is -0.399 e. The van der Waals surface area contributed by atoms with Crippen LogP contribution in [0.5, 0.6) is 0 Å². The van der Waals surface area contributed by atoms with Crippen molar-refractivity contribution in [1.29, 1.82) is 0 Å². The third-order valence-electron chi connectivity index (χ3n) is 3.18. The van der Waals surface area contributed by atoms with Gasteiger partial charge in [0.05, 0.1) is 5.56 Å². The molecule has 110 valence electrons. The number of hydrogen-bond donors (Lipinski definition) is 1. The molecule has 2 N–H and O–H groups in total. The van der Waals surface area contributed by atoms with Crippen LogP contribution >= 0.6 is 0 Å². The van der Waals surface area contributed by atoms with Crippen molar-refractivity contribution in [1.82, 2.24) is 9.88 Å². The molecule has 1 amide bonds. The molecule has 1 heterocycles. The Labute approximate surface area is 123 Å². The number of carbonyl (C=O) groups excluding carboxylic acids is 1. The number of nitrogens with two attached hydrogens (primary N) is 1. The van der Waals surface area contributed by atoms with Crippen LogP contribution in [-0.4, -0.2) is 21.8 Å². The fourth-order valence-corrected chi connectivity index (χ4v) is 2.04. The summed E-state index contributed by atoms with van der Waals surface area (Å²) in [6.07, 6.45) is 3.36. The molecule has 2 aromatic rings. The molecule has 0 spiro atoms. The molecule has 0 aliphatic rings. The lowest BCUT2D eigenvalue weighted by atomic mass is 10.1. The summed E-state index contributed by atoms with van der Waals surface area (Å²) in [5, 5.41) is 0. The highest BCUT2D eigenvalue weighted by molar-refractivity contribution is 5.95. The molecule has 0 radical (unpaired) electrons. The predicted molar refractivity (Wildman–Crippen MR) is 80.1 cm³/mol. The molecule has 0 bridgehead atoms. The molecular weight excluding hydrogens is 269 g/mol. The SMILES string of the molecule is CC(C)N(Cc1cccnc1)C(=O)c1cc(N)ccc1F. The molecule has 0 saturated carbocycles. The second kappa shape index (κ2) is 6.35. The summed E-state index contributed by atoms with van der Waals surface area (Å²) in [7, 11) is 0. The maximum Gasteiger partial charge on any atom is 0.257 e. The van der Waals surface area contributed by atoms with Gasteiger partial charge in [-0.2, -0.15) is 0 Å². The Kier molecular flexibility index (Phi) is 4.52. The van der Waals surface area contributed by atoms with E-state index in [1.807, 2.05) is 19.9 Å². The van der Waals surface area contributed by atoms with E-state index in [1.165, 1.54) is 18.2 Å². The molecule has 0 aliphatic carbocycles. The zero-order valence-electron chi connectivity index (χ0n) is 12.1. The molecule has 21 heavy (non-hydrogen) atoms. The first-order valence-electron chi connectivity index (χ1n) is 6.74. The second-order valence-electron chi connectivity index (χ2n) is 5.13. The number of halogens is 1. The standard InChI is InChI=1S/C16H18FN3O/c1-11(2)20(10-12-4-3-7-19-9-12)16(21)14-8-13(18)5-6-15(14)17/h3-9,11H,10,18H2,1-2H3. The monoisotopic (exact) mass is 287 g/mol. The molecule has 0 saturated heterocycles. The van der Waals surface area contributed by atoms with Crippen molar-refractivity contribution in [3.63, 3.8) is 0 Å². The van der Waals surface area contributed by atoms with E-state index in [0.29, 0.717) is 12.2 Å². The lowest BCUT2D eigenvalue weighted by Crippen LogP contribution is -2.37. The maximum absolute atomic E-state index is 13.9. The summed E-state index contributed by atoms with van der Waals surface area (Å²) in [4.78, 5) is 18.2. The first-order chi connectivity index (χ1) is 9.99. The Balaban J connectivity index is 2.30. The van der Waals surface area contributed by atoms with Crippen molar-refractivity contribution in [3.05, 3.63) is 59.7 Å². The first kappa shape index (κ1) is 15.0. The van der Waals surface area contributed by atoms with Crippen LogP contribution in [0.2, 0.25) is 0 Å². The fourth-order valence-electron chi connectivity index (χ4n) is 2.04. The number of nitrogens with zero attached hydrogens (tertiary/aromatic N) is 2. The van der Waals surface area contributed by atoms with Crippen LogP contribution in [-0.2, 0) is 6.54 Å². The Morgan fingerprint density at radius 1 is 1.38 bits per heavy atom. The smallest absolute Gasteiger partial charge is 0.257 e. The van der Waals surface area contributed by atoms with Gasteiger partial charge in [-0.1, -0.05) is 6.07 Å². The number of nitrogen functional groups attached to an aromatic ring is 1. The zero-order chi connectivity index (χ0) is 15.4.